The zero-order valence-electron chi connectivity index (χ0n) is 14.8. The van der Waals surface area contributed by atoms with Crippen LogP contribution in [0.3, 0.4) is 0 Å². The summed E-state index contributed by atoms with van der Waals surface area (Å²) in [6.45, 7) is 6.02. The minimum atomic E-state index is 0.661. The highest BCUT2D eigenvalue weighted by atomic mass is 35.5. The molecule has 0 aromatic heterocycles. The Kier molecular flexibility index (Phi) is 5.93. The Morgan fingerprint density at radius 3 is 2.68 bits per heavy atom. The van der Waals surface area contributed by atoms with Crippen molar-refractivity contribution in [2.75, 3.05) is 13.2 Å². The highest BCUT2D eigenvalue weighted by Gasteiger charge is 2.13. The smallest absolute Gasteiger partial charge is 0.119 e. The van der Waals surface area contributed by atoms with Crippen molar-refractivity contribution in [2.45, 2.75) is 26.7 Å². The molecule has 0 fully saturated rings. The molecule has 1 aliphatic rings. The Balaban J connectivity index is 1.72. The van der Waals surface area contributed by atoms with Gasteiger partial charge in [0.1, 0.15) is 5.75 Å². The van der Waals surface area contributed by atoms with Crippen LogP contribution in [0.4, 0.5) is 0 Å². The summed E-state index contributed by atoms with van der Waals surface area (Å²) in [5.74, 6) is 1.62. The maximum atomic E-state index is 5.94. The molecule has 3 heteroatoms. The summed E-state index contributed by atoms with van der Waals surface area (Å²) in [6, 6.07) is 14.2. The van der Waals surface area contributed by atoms with Gasteiger partial charge in [-0.1, -0.05) is 43.7 Å². The van der Waals surface area contributed by atoms with Gasteiger partial charge in [0.05, 0.1) is 12.3 Å². The topological polar surface area (TPSA) is 21.6 Å². The van der Waals surface area contributed by atoms with E-state index in [1.807, 2.05) is 24.3 Å². The lowest BCUT2D eigenvalue weighted by Gasteiger charge is -2.17. The quantitative estimate of drug-likeness (QED) is 0.640. The molecule has 0 aliphatic carbocycles. The molecule has 3 rings (SSSR count). The first-order chi connectivity index (χ1) is 12.1. The van der Waals surface area contributed by atoms with E-state index >= 15 is 0 Å². The molecular formula is C22H24ClNO. The molecule has 1 heterocycles. The predicted molar refractivity (Wildman–Crippen MR) is 107 cm³/mol. The maximum absolute atomic E-state index is 5.94. The van der Waals surface area contributed by atoms with E-state index in [0.717, 1.165) is 48.0 Å². The third-order valence-corrected chi connectivity index (χ3v) is 4.54. The lowest BCUT2D eigenvalue weighted by Crippen LogP contribution is -2.11. The van der Waals surface area contributed by atoms with Crippen LogP contribution in [-0.4, -0.2) is 18.9 Å². The van der Waals surface area contributed by atoms with Crippen molar-refractivity contribution in [3.05, 3.63) is 70.3 Å². The summed E-state index contributed by atoms with van der Waals surface area (Å²) in [6.07, 6.45) is 6.21. The molecule has 0 amide bonds. The van der Waals surface area contributed by atoms with Gasteiger partial charge in [0, 0.05) is 17.1 Å². The van der Waals surface area contributed by atoms with Gasteiger partial charge >= 0.3 is 0 Å². The van der Waals surface area contributed by atoms with Crippen LogP contribution in [0, 0.1) is 5.92 Å². The Morgan fingerprint density at radius 1 is 1.12 bits per heavy atom. The standard InChI is InChI=1S/C22H24ClNO/c1-16(2)12-14-25-20-8-9-21-18(15-20)11-13-24-22(21)10-5-17-3-6-19(23)7-4-17/h3-10,15-16H,11-14H2,1-2H3. The molecule has 0 N–H and O–H groups in total. The molecular weight excluding hydrogens is 330 g/mol. The van der Waals surface area contributed by atoms with E-state index in [2.05, 4.69) is 49.2 Å². The monoisotopic (exact) mass is 353 g/mol. The second kappa shape index (κ2) is 8.35. The molecule has 0 bridgehead atoms. The molecule has 2 aromatic carbocycles. The third kappa shape index (κ3) is 4.96. The summed E-state index contributed by atoms with van der Waals surface area (Å²) in [5.41, 5.74) is 4.67. The van der Waals surface area contributed by atoms with E-state index in [4.69, 9.17) is 16.3 Å². The highest BCUT2D eigenvalue weighted by molar-refractivity contribution is 6.30. The molecule has 130 valence electrons. The van der Waals surface area contributed by atoms with Gasteiger partial charge < -0.3 is 4.74 Å². The van der Waals surface area contributed by atoms with Crippen LogP contribution in [0.25, 0.3) is 6.08 Å². The molecule has 2 aromatic rings. The Labute approximate surface area is 155 Å². The van der Waals surface area contributed by atoms with Crippen LogP contribution >= 0.6 is 11.6 Å². The van der Waals surface area contributed by atoms with Crippen LogP contribution in [0.1, 0.15) is 37.0 Å². The van der Waals surface area contributed by atoms with Crippen molar-refractivity contribution in [3.63, 3.8) is 0 Å². The Morgan fingerprint density at radius 2 is 1.92 bits per heavy atom. The molecule has 1 aliphatic heterocycles. The lowest BCUT2D eigenvalue weighted by molar-refractivity contribution is 0.289. The average molecular weight is 354 g/mol. The number of benzene rings is 2. The Hall–Kier alpha value is -2.06. The van der Waals surface area contributed by atoms with Gasteiger partial charge in [0.25, 0.3) is 0 Å². The second-order valence-corrected chi connectivity index (χ2v) is 7.19. The van der Waals surface area contributed by atoms with Gasteiger partial charge in [-0.2, -0.15) is 0 Å². The molecule has 0 radical (unpaired) electrons. The number of allylic oxidation sites excluding steroid dienone is 1. The highest BCUT2D eigenvalue weighted by Crippen LogP contribution is 2.23. The fraction of sp³-hybridized carbons (Fsp3) is 0.318. The fourth-order valence-electron chi connectivity index (χ4n) is 2.80. The lowest BCUT2D eigenvalue weighted by atomic mass is 9.96. The molecule has 0 saturated heterocycles. The second-order valence-electron chi connectivity index (χ2n) is 6.75. The van der Waals surface area contributed by atoms with Crippen molar-refractivity contribution in [1.82, 2.24) is 0 Å². The fourth-order valence-corrected chi connectivity index (χ4v) is 2.93. The van der Waals surface area contributed by atoms with Crippen molar-refractivity contribution >= 4 is 23.4 Å². The minimum Gasteiger partial charge on any atom is -0.494 e. The van der Waals surface area contributed by atoms with Gasteiger partial charge in [-0.05, 0) is 66.3 Å². The van der Waals surface area contributed by atoms with Crippen LogP contribution < -0.4 is 4.74 Å². The maximum Gasteiger partial charge on any atom is 0.119 e. The summed E-state index contributed by atoms with van der Waals surface area (Å²) < 4.78 is 5.89. The normalized spacial score (nSPS) is 13.8. The third-order valence-electron chi connectivity index (χ3n) is 4.28. The van der Waals surface area contributed by atoms with Gasteiger partial charge in [0.15, 0.2) is 0 Å². The van der Waals surface area contributed by atoms with Gasteiger partial charge in [-0.25, -0.2) is 0 Å². The average Bonchev–Trinajstić information content (AvgIpc) is 2.60. The number of aliphatic imine (C=N–C) groups is 1. The van der Waals surface area contributed by atoms with Crippen LogP contribution in [-0.2, 0) is 6.42 Å². The predicted octanol–water partition coefficient (Wildman–Crippen LogP) is 5.82. The van der Waals surface area contributed by atoms with Crippen molar-refractivity contribution in [3.8, 4) is 5.75 Å². The first-order valence-corrected chi connectivity index (χ1v) is 9.24. The van der Waals surface area contributed by atoms with Crippen molar-refractivity contribution in [2.24, 2.45) is 10.9 Å². The summed E-state index contributed by atoms with van der Waals surface area (Å²) in [4.78, 5) is 4.68. The Bertz CT molecular complexity index is 775. The summed E-state index contributed by atoms with van der Waals surface area (Å²) in [5, 5.41) is 0.752. The molecule has 0 atom stereocenters. The number of hydrogen-bond donors (Lipinski definition) is 0. The van der Waals surface area contributed by atoms with Crippen molar-refractivity contribution < 1.29 is 4.74 Å². The molecule has 0 unspecified atom stereocenters. The van der Waals surface area contributed by atoms with E-state index in [0.29, 0.717) is 5.92 Å². The number of ether oxygens (including phenoxy) is 1. The number of rotatable bonds is 6. The largest absolute Gasteiger partial charge is 0.494 e. The van der Waals surface area contributed by atoms with Crippen molar-refractivity contribution in [1.29, 1.82) is 0 Å². The number of halogens is 1. The van der Waals surface area contributed by atoms with Crippen LogP contribution in [0.15, 0.2) is 53.5 Å². The summed E-state index contributed by atoms with van der Waals surface area (Å²) in [7, 11) is 0. The molecule has 0 spiro atoms. The first-order valence-electron chi connectivity index (χ1n) is 8.86. The van der Waals surface area contributed by atoms with E-state index < -0.39 is 0 Å². The zero-order valence-corrected chi connectivity index (χ0v) is 15.6. The number of fused-ring (bicyclic) bond motifs is 1. The number of nitrogens with zero attached hydrogens (tertiary/aromatic N) is 1. The zero-order chi connectivity index (χ0) is 17.6. The first kappa shape index (κ1) is 17.8. The van der Waals surface area contributed by atoms with E-state index in [1.54, 1.807) is 0 Å². The van der Waals surface area contributed by atoms with Crippen LogP contribution in [0.2, 0.25) is 5.02 Å². The van der Waals surface area contributed by atoms with E-state index in [-0.39, 0.29) is 0 Å². The molecule has 0 saturated carbocycles. The minimum absolute atomic E-state index is 0.661. The van der Waals surface area contributed by atoms with Gasteiger partial charge in [-0.3, -0.25) is 4.99 Å². The number of hydrogen-bond acceptors (Lipinski definition) is 2. The molecule has 25 heavy (non-hydrogen) atoms. The van der Waals surface area contributed by atoms with E-state index in [9.17, 15) is 0 Å². The van der Waals surface area contributed by atoms with Gasteiger partial charge in [-0.15, -0.1) is 0 Å². The van der Waals surface area contributed by atoms with E-state index in [1.165, 1.54) is 11.1 Å². The SMILES string of the molecule is CC(C)CCOc1ccc2c(c1)CCN=C2C=Cc1ccc(Cl)cc1. The van der Waals surface area contributed by atoms with Gasteiger partial charge in [0.2, 0.25) is 0 Å². The van der Waals surface area contributed by atoms with Crippen LogP contribution in [0.5, 0.6) is 5.75 Å². The summed E-state index contributed by atoms with van der Waals surface area (Å²) >= 11 is 5.94. The molecule has 2 nitrogen and oxygen atoms in total.